The first-order valence-electron chi connectivity index (χ1n) is 6.48. The molecule has 2 aromatic rings. The van der Waals surface area contributed by atoms with Gasteiger partial charge in [-0.25, -0.2) is 4.68 Å². The number of Topliss-reactive ketones (excluding diaryl/α,β-unsaturated/α-hetero) is 1. The highest BCUT2D eigenvalue weighted by Crippen LogP contribution is 2.42. The molecule has 0 bridgehead atoms. The molecule has 1 saturated carbocycles. The number of ketones is 1. The minimum absolute atomic E-state index is 0.0649. The molecule has 5 nitrogen and oxygen atoms in total. The zero-order chi connectivity index (χ0) is 13.3. The summed E-state index contributed by atoms with van der Waals surface area (Å²) < 4.78 is 1.60. The molecule has 0 unspecified atom stereocenters. The van der Waals surface area contributed by atoms with E-state index in [9.17, 15) is 4.79 Å². The molecule has 3 rings (SSSR count). The van der Waals surface area contributed by atoms with Gasteiger partial charge >= 0.3 is 0 Å². The highest BCUT2D eigenvalue weighted by atomic mass is 16.1. The Balaban J connectivity index is 1.99. The van der Waals surface area contributed by atoms with Gasteiger partial charge in [-0.1, -0.05) is 29.8 Å². The second-order valence-corrected chi connectivity index (χ2v) is 5.03. The molecule has 1 fully saturated rings. The monoisotopic (exact) mass is 256 g/mol. The van der Waals surface area contributed by atoms with Crippen molar-refractivity contribution in [1.82, 2.24) is 15.0 Å². The molecule has 98 valence electrons. The molecule has 0 saturated heterocycles. The van der Waals surface area contributed by atoms with Gasteiger partial charge in [0.1, 0.15) is 5.69 Å². The summed E-state index contributed by atoms with van der Waals surface area (Å²) in [5.74, 6) is 0.0649. The second-order valence-electron chi connectivity index (χ2n) is 5.03. The van der Waals surface area contributed by atoms with Crippen molar-refractivity contribution in [1.29, 1.82) is 0 Å². The van der Waals surface area contributed by atoms with Crippen LogP contribution in [0.4, 0.5) is 0 Å². The summed E-state index contributed by atoms with van der Waals surface area (Å²) >= 11 is 0. The maximum absolute atomic E-state index is 12.7. The topological polar surface area (TPSA) is 73.8 Å². The molecule has 1 aliphatic rings. The predicted octanol–water partition coefficient (Wildman–Crippen LogP) is 1.58. The van der Waals surface area contributed by atoms with Crippen molar-refractivity contribution in [2.24, 2.45) is 11.1 Å². The number of nitrogens with two attached hydrogens (primary N) is 1. The Labute approximate surface area is 111 Å². The predicted molar refractivity (Wildman–Crippen MR) is 71.0 cm³/mol. The third-order valence-corrected chi connectivity index (χ3v) is 3.97. The molecular weight excluding hydrogens is 240 g/mol. The largest absolute Gasteiger partial charge is 0.329 e. The lowest BCUT2D eigenvalue weighted by Crippen LogP contribution is -2.45. The zero-order valence-corrected chi connectivity index (χ0v) is 10.6. The highest BCUT2D eigenvalue weighted by molar-refractivity contribution is 6.00. The summed E-state index contributed by atoms with van der Waals surface area (Å²) in [5.41, 5.74) is 6.77. The van der Waals surface area contributed by atoms with Crippen LogP contribution in [0.15, 0.2) is 36.5 Å². The van der Waals surface area contributed by atoms with Crippen LogP contribution in [-0.4, -0.2) is 27.3 Å². The SMILES string of the molecule is NCC1(C(=O)c2cnnn2-c2ccccc2)CCC1. The number of aromatic nitrogens is 3. The second kappa shape index (κ2) is 4.59. The van der Waals surface area contributed by atoms with Crippen molar-refractivity contribution in [2.45, 2.75) is 19.3 Å². The highest BCUT2D eigenvalue weighted by Gasteiger charge is 2.44. The van der Waals surface area contributed by atoms with Crippen LogP contribution < -0.4 is 5.73 Å². The van der Waals surface area contributed by atoms with Crippen molar-refractivity contribution in [3.05, 3.63) is 42.2 Å². The Morgan fingerprint density at radius 1 is 1.32 bits per heavy atom. The Morgan fingerprint density at radius 2 is 2.05 bits per heavy atom. The van der Waals surface area contributed by atoms with Gasteiger partial charge in [0.15, 0.2) is 5.78 Å². The number of carbonyl (C=O) groups excluding carboxylic acids is 1. The first kappa shape index (κ1) is 12.0. The molecular formula is C14H16N4O. The van der Waals surface area contributed by atoms with E-state index in [1.807, 2.05) is 30.3 Å². The van der Waals surface area contributed by atoms with Crippen LogP contribution in [0.3, 0.4) is 0 Å². The van der Waals surface area contributed by atoms with Crippen molar-refractivity contribution in [2.75, 3.05) is 6.54 Å². The molecule has 1 aromatic heterocycles. The number of para-hydroxylation sites is 1. The van der Waals surface area contributed by atoms with E-state index in [1.54, 1.807) is 4.68 Å². The number of nitrogens with zero attached hydrogens (tertiary/aromatic N) is 3. The van der Waals surface area contributed by atoms with E-state index in [2.05, 4.69) is 10.3 Å². The van der Waals surface area contributed by atoms with Crippen LogP contribution in [0.5, 0.6) is 0 Å². The van der Waals surface area contributed by atoms with Crippen molar-refractivity contribution < 1.29 is 4.79 Å². The third kappa shape index (κ3) is 1.86. The molecule has 5 heteroatoms. The number of rotatable bonds is 4. The Bertz CT molecular complexity index is 581. The van der Waals surface area contributed by atoms with Crippen LogP contribution in [0.25, 0.3) is 5.69 Å². The first-order valence-corrected chi connectivity index (χ1v) is 6.48. The average Bonchev–Trinajstić information content (AvgIpc) is 2.88. The van der Waals surface area contributed by atoms with Gasteiger partial charge in [-0.2, -0.15) is 0 Å². The number of hydrogen-bond acceptors (Lipinski definition) is 4. The minimum Gasteiger partial charge on any atom is -0.329 e. The maximum Gasteiger partial charge on any atom is 0.190 e. The fraction of sp³-hybridized carbons (Fsp3) is 0.357. The van der Waals surface area contributed by atoms with Crippen molar-refractivity contribution in [3.8, 4) is 5.69 Å². The minimum atomic E-state index is -0.395. The summed E-state index contributed by atoms with van der Waals surface area (Å²) in [6.45, 7) is 0.395. The van der Waals surface area contributed by atoms with Gasteiger partial charge in [0.05, 0.1) is 11.9 Å². The van der Waals surface area contributed by atoms with Gasteiger partial charge < -0.3 is 5.73 Å². The smallest absolute Gasteiger partial charge is 0.190 e. The molecule has 1 aromatic carbocycles. The van der Waals surface area contributed by atoms with Gasteiger partial charge in [-0.05, 0) is 25.0 Å². The molecule has 0 aliphatic heterocycles. The summed E-state index contributed by atoms with van der Waals surface area (Å²) in [7, 11) is 0. The van der Waals surface area contributed by atoms with Gasteiger partial charge in [0, 0.05) is 12.0 Å². The molecule has 1 aliphatic carbocycles. The Morgan fingerprint density at radius 3 is 2.63 bits per heavy atom. The lowest BCUT2D eigenvalue weighted by molar-refractivity contribution is 0.0626. The molecule has 0 spiro atoms. The molecule has 0 amide bonds. The lowest BCUT2D eigenvalue weighted by Gasteiger charge is -2.38. The molecule has 19 heavy (non-hydrogen) atoms. The fourth-order valence-electron chi connectivity index (χ4n) is 2.55. The van der Waals surface area contributed by atoms with Crippen LogP contribution in [0.2, 0.25) is 0 Å². The maximum atomic E-state index is 12.7. The van der Waals surface area contributed by atoms with E-state index in [1.165, 1.54) is 6.20 Å². The van der Waals surface area contributed by atoms with Gasteiger partial charge in [-0.15, -0.1) is 5.10 Å². The van der Waals surface area contributed by atoms with E-state index in [-0.39, 0.29) is 5.78 Å². The summed E-state index contributed by atoms with van der Waals surface area (Å²) in [4.78, 5) is 12.7. The van der Waals surface area contributed by atoms with Crippen LogP contribution >= 0.6 is 0 Å². The third-order valence-electron chi connectivity index (χ3n) is 3.97. The number of benzene rings is 1. The van der Waals surface area contributed by atoms with E-state index in [0.717, 1.165) is 24.9 Å². The lowest BCUT2D eigenvalue weighted by atomic mass is 9.65. The van der Waals surface area contributed by atoms with E-state index in [4.69, 9.17) is 5.73 Å². The van der Waals surface area contributed by atoms with Gasteiger partial charge in [0.25, 0.3) is 0 Å². The van der Waals surface area contributed by atoms with Gasteiger partial charge in [-0.3, -0.25) is 4.79 Å². The van der Waals surface area contributed by atoms with Crippen molar-refractivity contribution >= 4 is 5.78 Å². The standard InChI is InChI=1S/C14H16N4O/c15-10-14(7-4-8-14)13(19)12-9-16-17-18(12)11-5-2-1-3-6-11/h1-3,5-6,9H,4,7-8,10,15H2. The van der Waals surface area contributed by atoms with E-state index >= 15 is 0 Å². The molecule has 0 atom stereocenters. The van der Waals surface area contributed by atoms with Gasteiger partial charge in [0.2, 0.25) is 0 Å². The molecule has 2 N–H and O–H groups in total. The van der Waals surface area contributed by atoms with Crippen LogP contribution in [-0.2, 0) is 0 Å². The number of carbonyl (C=O) groups is 1. The van der Waals surface area contributed by atoms with E-state index < -0.39 is 5.41 Å². The Kier molecular flexibility index (Phi) is 2.91. The normalized spacial score (nSPS) is 16.9. The van der Waals surface area contributed by atoms with E-state index in [0.29, 0.717) is 12.2 Å². The molecule has 0 radical (unpaired) electrons. The fourth-order valence-corrected chi connectivity index (χ4v) is 2.55. The number of hydrogen-bond donors (Lipinski definition) is 1. The first-order chi connectivity index (χ1) is 9.27. The van der Waals surface area contributed by atoms with Crippen LogP contribution in [0.1, 0.15) is 29.8 Å². The summed E-state index contributed by atoms with van der Waals surface area (Å²) in [6.07, 6.45) is 4.32. The summed E-state index contributed by atoms with van der Waals surface area (Å²) in [6, 6.07) is 9.55. The Hall–Kier alpha value is -2.01. The quantitative estimate of drug-likeness (QED) is 0.843. The van der Waals surface area contributed by atoms with Crippen molar-refractivity contribution in [3.63, 3.8) is 0 Å². The zero-order valence-electron chi connectivity index (χ0n) is 10.6. The summed E-state index contributed by atoms with van der Waals surface area (Å²) in [5, 5.41) is 7.90. The van der Waals surface area contributed by atoms with Crippen LogP contribution in [0, 0.1) is 5.41 Å². The average molecular weight is 256 g/mol. The molecule has 1 heterocycles.